The molecule has 0 aliphatic rings. The van der Waals surface area contributed by atoms with Crippen molar-refractivity contribution < 1.29 is 9.94 Å². The van der Waals surface area contributed by atoms with Crippen LogP contribution in [0.2, 0.25) is 0 Å². The van der Waals surface area contributed by atoms with Crippen molar-refractivity contribution in [2.75, 3.05) is 0 Å². The van der Waals surface area contributed by atoms with Gasteiger partial charge < -0.3 is 14.9 Å². The maximum absolute atomic E-state index is 11.7. The maximum Gasteiger partial charge on any atom is 0.248 e. The fraction of sp³-hybridized carbons (Fsp3) is 0.111. The molecule has 0 radical (unpaired) electrons. The Labute approximate surface area is 132 Å². The number of nitrogens with zero attached hydrogens (tertiary/aromatic N) is 1. The lowest BCUT2D eigenvalue weighted by Crippen LogP contribution is -2.07. The molecule has 1 aromatic heterocycles. The first kappa shape index (κ1) is 14.8. The Hall–Kier alpha value is -3.08. The summed E-state index contributed by atoms with van der Waals surface area (Å²) in [5.74, 6) is 0.580. The second-order valence-electron chi connectivity index (χ2n) is 5.18. The third-order valence-electron chi connectivity index (χ3n) is 3.63. The summed E-state index contributed by atoms with van der Waals surface area (Å²) >= 11 is 0. The zero-order valence-electron chi connectivity index (χ0n) is 12.6. The molecule has 23 heavy (non-hydrogen) atoms. The number of rotatable bonds is 4. The number of hydrogen-bond donors (Lipinski definition) is 2. The highest BCUT2D eigenvalue weighted by Crippen LogP contribution is 2.27. The van der Waals surface area contributed by atoms with E-state index in [1.165, 1.54) is 6.07 Å². The standard InChI is InChI=1S/C18H16N2O3/c1-12(20-22)14-7-9-16(18-15(14)8-10-17(21)19-18)23-11-13-5-3-2-4-6-13/h2-10,22H,11H2,1H3,(H,19,21). The van der Waals surface area contributed by atoms with Gasteiger partial charge in [0, 0.05) is 17.0 Å². The molecule has 0 amide bonds. The molecule has 2 aromatic carbocycles. The van der Waals surface area contributed by atoms with Crippen LogP contribution in [-0.2, 0) is 6.61 Å². The Bertz CT molecular complexity index is 914. The van der Waals surface area contributed by atoms with Gasteiger partial charge >= 0.3 is 0 Å². The van der Waals surface area contributed by atoms with E-state index in [-0.39, 0.29) is 5.56 Å². The number of oxime groups is 1. The van der Waals surface area contributed by atoms with E-state index < -0.39 is 0 Å². The zero-order chi connectivity index (χ0) is 16.2. The molecular weight excluding hydrogens is 292 g/mol. The molecule has 0 aliphatic carbocycles. The second kappa shape index (κ2) is 6.36. The highest BCUT2D eigenvalue weighted by molar-refractivity contribution is 6.09. The number of nitrogens with one attached hydrogen (secondary N) is 1. The third kappa shape index (κ3) is 3.08. The van der Waals surface area contributed by atoms with Crippen LogP contribution in [0.4, 0.5) is 0 Å². The van der Waals surface area contributed by atoms with Crippen molar-refractivity contribution in [2.45, 2.75) is 13.5 Å². The van der Waals surface area contributed by atoms with Gasteiger partial charge in [-0.3, -0.25) is 4.79 Å². The van der Waals surface area contributed by atoms with Crippen molar-refractivity contribution >= 4 is 16.6 Å². The summed E-state index contributed by atoms with van der Waals surface area (Å²) in [5, 5.41) is 13.0. The van der Waals surface area contributed by atoms with Crippen LogP contribution in [0.1, 0.15) is 18.1 Å². The van der Waals surface area contributed by atoms with Crippen LogP contribution >= 0.6 is 0 Å². The normalized spacial score (nSPS) is 11.6. The first-order valence-electron chi connectivity index (χ1n) is 7.21. The number of aromatic nitrogens is 1. The minimum absolute atomic E-state index is 0.210. The second-order valence-corrected chi connectivity index (χ2v) is 5.18. The summed E-state index contributed by atoms with van der Waals surface area (Å²) in [6, 6.07) is 16.5. The van der Waals surface area contributed by atoms with Gasteiger partial charge in [0.15, 0.2) is 0 Å². The largest absolute Gasteiger partial charge is 0.487 e. The lowest BCUT2D eigenvalue weighted by molar-refractivity contribution is 0.309. The van der Waals surface area contributed by atoms with Gasteiger partial charge in [-0.15, -0.1) is 0 Å². The number of H-pyrrole nitrogens is 1. The fourth-order valence-corrected chi connectivity index (χ4v) is 2.45. The number of aromatic amines is 1. The highest BCUT2D eigenvalue weighted by Gasteiger charge is 2.10. The molecule has 5 heteroatoms. The Kier molecular flexibility index (Phi) is 4.10. The van der Waals surface area contributed by atoms with Crippen molar-refractivity contribution in [3.63, 3.8) is 0 Å². The molecule has 0 spiro atoms. The Balaban J connectivity index is 2.04. The van der Waals surface area contributed by atoms with E-state index in [2.05, 4.69) is 10.1 Å². The molecule has 116 valence electrons. The average Bonchev–Trinajstić information content (AvgIpc) is 2.59. The van der Waals surface area contributed by atoms with Crippen molar-refractivity contribution in [3.05, 3.63) is 76.1 Å². The van der Waals surface area contributed by atoms with Gasteiger partial charge in [0.25, 0.3) is 0 Å². The lowest BCUT2D eigenvalue weighted by atomic mass is 10.0. The molecule has 0 saturated heterocycles. The zero-order valence-corrected chi connectivity index (χ0v) is 12.6. The quantitative estimate of drug-likeness (QED) is 0.441. The van der Waals surface area contributed by atoms with E-state index in [9.17, 15) is 4.79 Å². The minimum atomic E-state index is -0.210. The molecule has 0 unspecified atom stereocenters. The molecule has 0 bridgehead atoms. The molecule has 0 atom stereocenters. The number of pyridine rings is 1. The Morgan fingerprint density at radius 1 is 1.13 bits per heavy atom. The molecule has 0 fully saturated rings. The van der Waals surface area contributed by atoms with E-state index in [1.807, 2.05) is 36.4 Å². The highest BCUT2D eigenvalue weighted by atomic mass is 16.5. The van der Waals surface area contributed by atoms with E-state index in [0.29, 0.717) is 23.6 Å². The Morgan fingerprint density at radius 2 is 1.91 bits per heavy atom. The third-order valence-corrected chi connectivity index (χ3v) is 3.63. The van der Waals surface area contributed by atoms with E-state index >= 15 is 0 Å². The predicted molar refractivity (Wildman–Crippen MR) is 89.3 cm³/mol. The SMILES string of the molecule is CC(=NO)c1ccc(OCc2ccccc2)c2[nH]c(=O)ccc12. The van der Waals surface area contributed by atoms with Gasteiger partial charge in [-0.1, -0.05) is 35.5 Å². The van der Waals surface area contributed by atoms with Gasteiger partial charge in [0.05, 0.1) is 11.2 Å². The van der Waals surface area contributed by atoms with E-state index in [4.69, 9.17) is 9.94 Å². The minimum Gasteiger partial charge on any atom is -0.487 e. The van der Waals surface area contributed by atoms with Crippen LogP contribution in [0.5, 0.6) is 5.75 Å². The van der Waals surface area contributed by atoms with Crippen LogP contribution < -0.4 is 10.3 Å². The molecule has 0 aliphatic heterocycles. The number of fused-ring (bicyclic) bond motifs is 1. The van der Waals surface area contributed by atoms with Gasteiger partial charge in [0.1, 0.15) is 12.4 Å². The molecular formula is C18H16N2O3. The van der Waals surface area contributed by atoms with E-state index in [1.54, 1.807) is 19.1 Å². The summed E-state index contributed by atoms with van der Waals surface area (Å²) < 4.78 is 5.86. The number of hydrogen-bond acceptors (Lipinski definition) is 4. The van der Waals surface area contributed by atoms with Crippen molar-refractivity contribution in [1.82, 2.24) is 4.98 Å². The summed E-state index contributed by atoms with van der Waals surface area (Å²) in [7, 11) is 0. The van der Waals surface area contributed by atoms with Gasteiger partial charge in [-0.05, 0) is 30.7 Å². The van der Waals surface area contributed by atoms with E-state index in [0.717, 1.165) is 16.5 Å². The topological polar surface area (TPSA) is 74.7 Å². The summed E-state index contributed by atoms with van der Waals surface area (Å²) in [4.78, 5) is 14.5. The van der Waals surface area contributed by atoms with Crippen molar-refractivity contribution in [2.24, 2.45) is 5.16 Å². The average molecular weight is 308 g/mol. The Morgan fingerprint density at radius 3 is 2.65 bits per heavy atom. The maximum atomic E-state index is 11.7. The summed E-state index contributed by atoms with van der Waals surface area (Å²) in [6.45, 7) is 2.10. The van der Waals surface area contributed by atoms with Crippen LogP contribution in [0, 0.1) is 0 Å². The van der Waals surface area contributed by atoms with Crippen molar-refractivity contribution in [3.8, 4) is 5.75 Å². The summed E-state index contributed by atoms with van der Waals surface area (Å²) in [5.41, 5.74) is 2.63. The number of benzene rings is 2. The van der Waals surface area contributed by atoms with Crippen LogP contribution in [0.25, 0.3) is 10.9 Å². The molecule has 2 N–H and O–H groups in total. The van der Waals surface area contributed by atoms with Gasteiger partial charge in [-0.25, -0.2) is 0 Å². The smallest absolute Gasteiger partial charge is 0.248 e. The van der Waals surface area contributed by atoms with Crippen molar-refractivity contribution in [1.29, 1.82) is 0 Å². The molecule has 0 saturated carbocycles. The first-order chi connectivity index (χ1) is 11.2. The lowest BCUT2D eigenvalue weighted by Gasteiger charge is -2.12. The molecule has 3 rings (SSSR count). The summed E-state index contributed by atoms with van der Waals surface area (Å²) in [6.07, 6.45) is 0. The molecule has 1 heterocycles. The predicted octanol–water partition coefficient (Wildman–Crippen LogP) is 3.31. The first-order valence-corrected chi connectivity index (χ1v) is 7.21. The van der Waals surface area contributed by atoms with Gasteiger partial charge in [0.2, 0.25) is 5.56 Å². The molecule has 3 aromatic rings. The van der Waals surface area contributed by atoms with Crippen LogP contribution in [-0.4, -0.2) is 15.9 Å². The van der Waals surface area contributed by atoms with Crippen LogP contribution in [0.3, 0.4) is 0 Å². The number of ether oxygens (including phenoxy) is 1. The van der Waals surface area contributed by atoms with Crippen LogP contribution in [0.15, 0.2) is 64.5 Å². The fourth-order valence-electron chi connectivity index (χ4n) is 2.45. The van der Waals surface area contributed by atoms with Gasteiger partial charge in [-0.2, -0.15) is 0 Å². The monoisotopic (exact) mass is 308 g/mol. The molecule has 5 nitrogen and oxygen atoms in total.